The fraction of sp³-hybridized carbons (Fsp3) is 0.556. The summed E-state index contributed by atoms with van der Waals surface area (Å²) < 4.78 is 72.3. The van der Waals surface area contributed by atoms with Gasteiger partial charge in [-0.2, -0.15) is 31.9 Å². The quantitative estimate of drug-likeness (QED) is 0.482. The molecule has 0 aliphatic carbocycles. The first-order valence-corrected chi connectivity index (χ1v) is 10.7. The second-order valence-electron chi connectivity index (χ2n) is 7.35. The number of aliphatic hydroxyl groups excluding tert-OH is 2. The number of rotatable bonds is 7. The largest absolute Gasteiger partial charge is 0.461 e. The molecule has 0 bridgehead atoms. The lowest BCUT2D eigenvalue weighted by Crippen LogP contribution is -2.40. The minimum absolute atomic E-state index is 0.0592. The maximum absolute atomic E-state index is 13.9. The lowest BCUT2D eigenvalue weighted by Gasteiger charge is -2.30. The van der Waals surface area contributed by atoms with E-state index >= 15 is 0 Å². The topological polar surface area (TPSA) is 109 Å². The van der Waals surface area contributed by atoms with Gasteiger partial charge in [0, 0.05) is 18.0 Å². The lowest BCUT2D eigenvalue weighted by molar-refractivity contribution is -0.293. The molecule has 1 aliphatic rings. The van der Waals surface area contributed by atoms with Crippen LogP contribution in [0.1, 0.15) is 23.4 Å². The monoisotopic (exact) mass is 494 g/mol. The third-order valence-electron chi connectivity index (χ3n) is 5.06. The van der Waals surface area contributed by atoms with Gasteiger partial charge in [-0.3, -0.25) is 0 Å². The van der Waals surface area contributed by atoms with Crippen LogP contribution >= 0.6 is 11.3 Å². The number of anilines is 1. The number of hydrogen-bond donors (Lipinski definition) is 2. The molecule has 3 aromatic heterocycles. The second-order valence-corrected chi connectivity index (χ2v) is 8.46. The highest BCUT2D eigenvalue weighted by molar-refractivity contribution is 7.18. The summed E-state index contributed by atoms with van der Waals surface area (Å²) in [7, 11) is 0. The molecule has 0 spiro atoms. The average molecular weight is 494 g/mol. The Balaban J connectivity index is 1.68. The van der Waals surface area contributed by atoms with Crippen molar-refractivity contribution < 1.29 is 36.9 Å². The smallest absolute Gasteiger partial charge is 0.461 e. The van der Waals surface area contributed by atoms with Gasteiger partial charge in [0.05, 0.1) is 18.5 Å². The van der Waals surface area contributed by atoms with E-state index in [0.717, 1.165) is 15.9 Å². The standard InChI is InChI=1S/C18H19F5N6O3S/c1-2-10-5-11-13(24-16(25-14(11)33-10)32-8-9(31)7-30)28-3-4-29-12(6-28)26-27-15(29)17(19,20)18(21,22)23/h5,9,30-31H,2-4,6-8H2,1H3. The van der Waals surface area contributed by atoms with E-state index < -0.39 is 30.6 Å². The van der Waals surface area contributed by atoms with Crippen molar-refractivity contribution in [1.82, 2.24) is 24.7 Å². The molecule has 4 heterocycles. The van der Waals surface area contributed by atoms with Gasteiger partial charge in [0.1, 0.15) is 23.4 Å². The van der Waals surface area contributed by atoms with Crippen LogP contribution in [-0.4, -0.2) is 67.0 Å². The number of aromatic nitrogens is 5. The van der Waals surface area contributed by atoms with Crippen LogP contribution in [0.2, 0.25) is 0 Å². The average Bonchev–Trinajstić information content (AvgIpc) is 3.39. The van der Waals surface area contributed by atoms with Gasteiger partial charge in [0.15, 0.2) is 5.82 Å². The van der Waals surface area contributed by atoms with E-state index in [9.17, 15) is 27.1 Å². The number of halogens is 5. The molecule has 0 saturated carbocycles. The first-order chi connectivity index (χ1) is 15.5. The van der Waals surface area contributed by atoms with E-state index in [1.807, 2.05) is 13.0 Å². The Morgan fingerprint density at radius 3 is 2.61 bits per heavy atom. The summed E-state index contributed by atoms with van der Waals surface area (Å²) in [5.74, 6) is -6.23. The highest BCUT2D eigenvalue weighted by Gasteiger charge is 2.62. The van der Waals surface area contributed by atoms with E-state index in [-0.39, 0.29) is 38.1 Å². The fourth-order valence-electron chi connectivity index (χ4n) is 3.34. The van der Waals surface area contributed by atoms with Crippen LogP contribution in [0.15, 0.2) is 6.07 Å². The molecule has 2 N–H and O–H groups in total. The van der Waals surface area contributed by atoms with Gasteiger partial charge in [-0.25, -0.2) is 0 Å². The predicted octanol–water partition coefficient (Wildman–Crippen LogP) is 2.25. The van der Waals surface area contributed by atoms with Crippen LogP contribution in [0, 0.1) is 0 Å². The predicted molar refractivity (Wildman–Crippen MR) is 106 cm³/mol. The van der Waals surface area contributed by atoms with E-state index in [0.29, 0.717) is 16.0 Å². The highest BCUT2D eigenvalue weighted by atomic mass is 32.1. The Morgan fingerprint density at radius 2 is 1.94 bits per heavy atom. The van der Waals surface area contributed by atoms with Crippen molar-refractivity contribution in [1.29, 1.82) is 0 Å². The van der Waals surface area contributed by atoms with Crippen molar-refractivity contribution in [3.8, 4) is 6.01 Å². The van der Waals surface area contributed by atoms with Gasteiger partial charge in [-0.05, 0) is 12.5 Å². The molecule has 33 heavy (non-hydrogen) atoms. The van der Waals surface area contributed by atoms with Crippen LogP contribution < -0.4 is 9.64 Å². The third kappa shape index (κ3) is 4.31. The number of aryl methyl sites for hydroxylation is 1. The third-order valence-corrected chi connectivity index (χ3v) is 6.23. The Bertz CT molecular complexity index is 1150. The number of nitrogens with zero attached hydrogens (tertiary/aromatic N) is 6. The summed E-state index contributed by atoms with van der Waals surface area (Å²) in [6.45, 7) is 0.938. The molecule has 1 aliphatic heterocycles. The molecule has 1 atom stereocenters. The van der Waals surface area contributed by atoms with Crippen molar-refractivity contribution >= 4 is 27.4 Å². The zero-order chi connectivity index (χ0) is 24.0. The molecule has 0 radical (unpaired) electrons. The molecular weight excluding hydrogens is 475 g/mol. The molecular formula is C18H19F5N6O3S. The Hall–Kier alpha value is -2.65. The number of aliphatic hydroxyl groups is 2. The number of fused-ring (bicyclic) bond motifs is 2. The van der Waals surface area contributed by atoms with Crippen molar-refractivity contribution in [3.05, 3.63) is 22.6 Å². The van der Waals surface area contributed by atoms with Gasteiger partial charge < -0.3 is 24.4 Å². The maximum Gasteiger partial charge on any atom is 0.461 e. The zero-order valence-electron chi connectivity index (χ0n) is 17.2. The summed E-state index contributed by atoms with van der Waals surface area (Å²) in [6, 6.07) is 1.82. The maximum atomic E-state index is 13.9. The normalized spacial score (nSPS) is 15.7. The summed E-state index contributed by atoms with van der Waals surface area (Å²) in [6.07, 6.45) is -6.19. The molecule has 0 fully saturated rings. The van der Waals surface area contributed by atoms with Crippen LogP contribution in [-0.2, 0) is 25.4 Å². The minimum Gasteiger partial charge on any atom is -0.461 e. The van der Waals surface area contributed by atoms with Crippen LogP contribution in [0.5, 0.6) is 6.01 Å². The molecule has 0 amide bonds. The molecule has 1 unspecified atom stereocenters. The summed E-state index contributed by atoms with van der Waals surface area (Å²) in [4.78, 5) is 11.9. The van der Waals surface area contributed by atoms with Gasteiger partial charge in [0.25, 0.3) is 0 Å². The second kappa shape index (κ2) is 8.61. The van der Waals surface area contributed by atoms with Crippen molar-refractivity contribution in [2.75, 3.05) is 24.7 Å². The van der Waals surface area contributed by atoms with Crippen LogP contribution in [0.4, 0.5) is 27.8 Å². The van der Waals surface area contributed by atoms with Crippen molar-refractivity contribution in [2.24, 2.45) is 0 Å². The Morgan fingerprint density at radius 1 is 1.18 bits per heavy atom. The lowest BCUT2D eigenvalue weighted by atomic mass is 10.2. The van der Waals surface area contributed by atoms with Crippen molar-refractivity contribution in [2.45, 2.75) is 44.6 Å². The van der Waals surface area contributed by atoms with Gasteiger partial charge in [0.2, 0.25) is 5.82 Å². The van der Waals surface area contributed by atoms with E-state index in [4.69, 9.17) is 9.84 Å². The Labute approximate surface area is 187 Å². The van der Waals surface area contributed by atoms with E-state index in [2.05, 4.69) is 20.2 Å². The van der Waals surface area contributed by atoms with Crippen molar-refractivity contribution in [3.63, 3.8) is 0 Å². The van der Waals surface area contributed by atoms with Gasteiger partial charge in [-0.1, -0.05) is 6.92 Å². The number of alkyl halides is 5. The Kier molecular flexibility index (Phi) is 6.13. The first kappa shape index (κ1) is 23.5. The number of ether oxygens (including phenoxy) is 1. The molecule has 0 saturated heterocycles. The number of thiophene rings is 1. The summed E-state index contributed by atoms with van der Waals surface area (Å²) in [5, 5.41) is 25.9. The van der Waals surface area contributed by atoms with E-state index in [1.165, 1.54) is 11.3 Å². The van der Waals surface area contributed by atoms with Gasteiger partial charge in [-0.15, -0.1) is 21.5 Å². The molecule has 180 valence electrons. The van der Waals surface area contributed by atoms with Crippen LogP contribution in [0.3, 0.4) is 0 Å². The minimum atomic E-state index is -5.79. The summed E-state index contributed by atoms with van der Waals surface area (Å²) >= 11 is 1.40. The zero-order valence-corrected chi connectivity index (χ0v) is 18.0. The first-order valence-electron chi connectivity index (χ1n) is 9.89. The van der Waals surface area contributed by atoms with E-state index in [1.54, 1.807) is 4.90 Å². The molecule has 4 rings (SSSR count). The summed E-state index contributed by atoms with van der Waals surface area (Å²) in [5.41, 5.74) is 0. The molecule has 3 aromatic rings. The molecule has 15 heteroatoms. The van der Waals surface area contributed by atoms with Gasteiger partial charge >= 0.3 is 18.1 Å². The fourth-order valence-corrected chi connectivity index (χ4v) is 4.29. The van der Waals surface area contributed by atoms with Crippen LogP contribution in [0.25, 0.3) is 10.2 Å². The number of hydrogen-bond acceptors (Lipinski definition) is 9. The molecule has 0 aromatic carbocycles. The SMILES string of the molecule is CCc1cc2c(N3CCn4c(nnc4C(F)(F)C(F)(F)F)C3)nc(OCC(O)CO)nc2s1. The highest BCUT2D eigenvalue weighted by Crippen LogP contribution is 2.43. The molecule has 9 nitrogen and oxygen atoms in total.